The summed E-state index contributed by atoms with van der Waals surface area (Å²) in [6.07, 6.45) is 9.97. The molecule has 0 aromatic rings. The quantitative estimate of drug-likeness (QED) is 0.481. The van der Waals surface area contributed by atoms with Crippen molar-refractivity contribution >= 4 is 0 Å². The number of nitrogens with one attached hydrogen (secondary N) is 1. The Bertz CT molecular complexity index is 242. The molecule has 1 nitrogen and oxygen atoms in total. The second-order valence-electron chi connectivity index (χ2n) is 7.03. The van der Waals surface area contributed by atoms with E-state index in [0.29, 0.717) is 12.0 Å². The molecular formula is C19H39N. The number of rotatable bonds is 11. The zero-order chi connectivity index (χ0) is 15.5. The van der Waals surface area contributed by atoms with E-state index in [1.807, 2.05) is 0 Å². The van der Waals surface area contributed by atoms with Gasteiger partial charge in [-0.3, -0.25) is 0 Å². The molecule has 0 aromatic carbocycles. The maximum absolute atomic E-state index is 3.69. The van der Waals surface area contributed by atoms with Gasteiger partial charge in [0.25, 0.3) is 0 Å². The van der Waals surface area contributed by atoms with Crippen molar-refractivity contribution in [2.75, 3.05) is 6.54 Å². The fraction of sp³-hybridized carbons (Fsp3) is 0.895. The molecule has 0 aliphatic rings. The summed E-state index contributed by atoms with van der Waals surface area (Å²) in [6.45, 7) is 17.3. The molecule has 1 N–H and O–H groups in total. The van der Waals surface area contributed by atoms with Gasteiger partial charge in [-0.15, -0.1) is 0 Å². The molecule has 0 aliphatic heterocycles. The van der Waals surface area contributed by atoms with Crippen molar-refractivity contribution in [1.29, 1.82) is 0 Å². The van der Waals surface area contributed by atoms with E-state index in [2.05, 4.69) is 65.9 Å². The second-order valence-corrected chi connectivity index (χ2v) is 7.03. The van der Waals surface area contributed by atoms with E-state index in [0.717, 1.165) is 24.3 Å². The fourth-order valence-electron chi connectivity index (χ4n) is 3.16. The van der Waals surface area contributed by atoms with Crippen molar-refractivity contribution in [2.24, 2.45) is 23.7 Å². The Hall–Kier alpha value is -0.300. The van der Waals surface area contributed by atoms with Crippen molar-refractivity contribution in [3.63, 3.8) is 0 Å². The first kappa shape index (κ1) is 19.7. The summed E-state index contributed by atoms with van der Waals surface area (Å²) in [4.78, 5) is 0. The minimum absolute atomic E-state index is 0.663. The van der Waals surface area contributed by atoms with E-state index in [4.69, 9.17) is 0 Å². The molecular weight excluding hydrogens is 242 g/mol. The summed E-state index contributed by atoms with van der Waals surface area (Å²) in [7, 11) is 0. The first-order valence-corrected chi connectivity index (χ1v) is 8.83. The fourth-order valence-corrected chi connectivity index (χ4v) is 3.16. The van der Waals surface area contributed by atoms with Gasteiger partial charge in [-0.25, -0.2) is 0 Å². The van der Waals surface area contributed by atoms with Gasteiger partial charge in [-0.2, -0.15) is 0 Å². The summed E-state index contributed by atoms with van der Waals surface area (Å²) in [6, 6.07) is 0.663. The third-order valence-corrected chi connectivity index (χ3v) is 4.50. The first-order valence-electron chi connectivity index (χ1n) is 8.83. The molecule has 0 heterocycles. The molecule has 0 amide bonds. The van der Waals surface area contributed by atoms with Crippen molar-refractivity contribution in [2.45, 2.75) is 80.2 Å². The minimum Gasteiger partial charge on any atom is -0.310 e. The molecule has 0 aromatic heterocycles. The maximum Gasteiger partial charge on any atom is 0.0137 e. The van der Waals surface area contributed by atoms with Crippen LogP contribution in [-0.2, 0) is 0 Å². The van der Waals surface area contributed by atoms with E-state index >= 15 is 0 Å². The predicted molar refractivity (Wildman–Crippen MR) is 93.1 cm³/mol. The standard InChI is InChI=1S/C19H39N/c1-8-11-18(15(3)4)17(7)13-10-14-20-19(12-9-2)16(5)6/h10,13,15-20H,8-9,11-12,14H2,1-7H3. The highest BCUT2D eigenvalue weighted by atomic mass is 14.9. The van der Waals surface area contributed by atoms with Crippen LogP contribution in [0.5, 0.6) is 0 Å². The zero-order valence-corrected chi connectivity index (χ0v) is 15.1. The monoisotopic (exact) mass is 281 g/mol. The van der Waals surface area contributed by atoms with Crippen LogP contribution in [0.4, 0.5) is 0 Å². The summed E-state index contributed by atoms with van der Waals surface area (Å²) in [5, 5.41) is 3.69. The lowest BCUT2D eigenvalue weighted by Crippen LogP contribution is -2.33. The van der Waals surface area contributed by atoms with Gasteiger partial charge in [0.2, 0.25) is 0 Å². The van der Waals surface area contributed by atoms with Gasteiger partial charge in [0, 0.05) is 12.6 Å². The van der Waals surface area contributed by atoms with Crippen LogP contribution in [0, 0.1) is 23.7 Å². The van der Waals surface area contributed by atoms with Gasteiger partial charge in [-0.1, -0.05) is 73.5 Å². The van der Waals surface area contributed by atoms with E-state index in [1.165, 1.54) is 25.7 Å². The smallest absolute Gasteiger partial charge is 0.0137 e. The Balaban J connectivity index is 4.20. The van der Waals surface area contributed by atoms with E-state index in [1.54, 1.807) is 0 Å². The summed E-state index contributed by atoms with van der Waals surface area (Å²) < 4.78 is 0. The zero-order valence-electron chi connectivity index (χ0n) is 15.1. The van der Waals surface area contributed by atoms with Crippen LogP contribution in [0.3, 0.4) is 0 Å². The molecule has 120 valence electrons. The van der Waals surface area contributed by atoms with Crippen LogP contribution in [-0.4, -0.2) is 12.6 Å². The van der Waals surface area contributed by atoms with Gasteiger partial charge in [0.1, 0.15) is 0 Å². The number of hydrogen-bond donors (Lipinski definition) is 1. The normalized spacial score (nSPS) is 17.1. The molecule has 0 radical (unpaired) electrons. The van der Waals surface area contributed by atoms with E-state index in [9.17, 15) is 0 Å². The molecule has 0 spiro atoms. The maximum atomic E-state index is 3.69. The third-order valence-electron chi connectivity index (χ3n) is 4.50. The summed E-state index contributed by atoms with van der Waals surface area (Å²) in [5.74, 6) is 3.03. The molecule has 0 saturated heterocycles. The first-order chi connectivity index (χ1) is 9.43. The highest BCUT2D eigenvalue weighted by Crippen LogP contribution is 2.26. The molecule has 20 heavy (non-hydrogen) atoms. The van der Waals surface area contributed by atoms with Crippen molar-refractivity contribution < 1.29 is 0 Å². The van der Waals surface area contributed by atoms with E-state index < -0.39 is 0 Å². The molecule has 0 saturated carbocycles. The lowest BCUT2D eigenvalue weighted by Gasteiger charge is -2.25. The Labute approximate surface area is 128 Å². The average Bonchev–Trinajstić information content (AvgIpc) is 2.38. The van der Waals surface area contributed by atoms with Gasteiger partial charge < -0.3 is 5.32 Å². The molecule has 0 aliphatic carbocycles. The largest absolute Gasteiger partial charge is 0.310 e. The Morgan fingerprint density at radius 3 is 1.90 bits per heavy atom. The molecule has 0 fully saturated rings. The molecule has 3 atom stereocenters. The van der Waals surface area contributed by atoms with Crippen LogP contribution < -0.4 is 5.32 Å². The number of hydrogen-bond acceptors (Lipinski definition) is 1. The lowest BCUT2D eigenvalue weighted by atomic mass is 9.81. The number of allylic oxidation sites excluding steroid dienone is 1. The van der Waals surface area contributed by atoms with Gasteiger partial charge in [0.05, 0.1) is 0 Å². The van der Waals surface area contributed by atoms with Crippen LogP contribution in [0.15, 0.2) is 12.2 Å². The topological polar surface area (TPSA) is 12.0 Å². The summed E-state index contributed by atoms with van der Waals surface area (Å²) in [5.41, 5.74) is 0. The van der Waals surface area contributed by atoms with Crippen LogP contribution in [0.1, 0.15) is 74.1 Å². The van der Waals surface area contributed by atoms with Crippen molar-refractivity contribution in [1.82, 2.24) is 5.32 Å². The Morgan fingerprint density at radius 2 is 1.45 bits per heavy atom. The highest BCUT2D eigenvalue weighted by Gasteiger charge is 2.17. The highest BCUT2D eigenvalue weighted by molar-refractivity contribution is 4.92. The molecule has 0 bridgehead atoms. The second kappa shape index (κ2) is 11.4. The average molecular weight is 282 g/mol. The van der Waals surface area contributed by atoms with Gasteiger partial charge in [0.15, 0.2) is 0 Å². The van der Waals surface area contributed by atoms with Crippen LogP contribution in [0.25, 0.3) is 0 Å². The summed E-state index contributed by atoms with van der Waals surface area (Å²) >= 11 is 0. The van der Waals surface area contributed by atoms with E-state index in [-0.39, 0.29) is 0 Å². The third kappa shape index (κ3) is 8.09. The predicted octanol–water partition coefficient (Wildman–Crippen LogP) is 5.67. The molecule has 3 unspecified atom stereocenters. The lowest BCUT2D eigenvalue weighted by molar-refractivity contribution is 0.289. The Kier molecular flexibility index (Phi) is 11.2. The molecule has 0 rings (SSSR count). The minimum atomic E-state index is 0.663. The van der Waals surface area contributed by atoms with Crippen LogP contribution >= 0.6 is 0 Å². The van der Waals surface area contributed by atoms with Gasteiger partial charge >= 0.3 is 0 Å². The van der Waals surface area contributed by atoms with Crippen molar-refractivity contribution in [3.05, 3.63) is 12.2 Å². The van der Waals surface area contributed by atoms with Crippen LogP contribution in [0.2, 0.25) is 0 Å². The SMILES string of the molecule is CCCC(NCC=CC(C)C(CCC)C(C)C)C(C)C. The van der Waals surface area contributed by atoms with Gasteiger partial charge in [-0.05, 0) is 36.5 Å². The Morgan fingerprint density at radius 1 is 0.850 bits per heavy atom. The molecule has 1 heteroatoms. The van der Waals surface area contributed by atoms with Crippen molar-refractivity contribution in [3.8, 4) is 0 Å².